The van der Waals surface area contributed by atoms with Crippen molar-refractivity contribution in [2.75, 3.05) is 0 Å². The van der Waals surface area contributed by atoms with Gasteiger partial charge in [0, 0.05) is 6.54 Å². The second-order valence-electron chi connectivity index (χ2n) is 4.80. The zero-order chi connectivity index (χ0) is 15.5. The first kappa shape index (κ1) is 14.6. The number of rotatable bonds is 5. The maximum atomic E-state index is 5.82. The van der Waals surface area contributed by atoms with Gasteiger partial charge in [0.1, 0.15) is 28.8 Å². The summed E-state index contributed by atoms with van der Waals surface area (Å²) in [6, 6.07) is 7.87. The Morgan fingerprint density at radius 2 is 1.91 bits per heavy atom. The van der Waals surface area contributed by atoms with Gasteiger partial charge in [-0.25, -0.2) is 0 Å². The molecule has 2 N–H and O–H groups in total. The first-order chi connectivity index (χ1) is 10.7. The number of hydrogen-bond donors (Lipinski definition) is 1. The predicted molar refractivity (Wildman–Crippen MR) is 83.0 cm³/mol. The van der Waals surface area contributed by atoms with Crippen LogP contribution in [0, 0.1) is 13.8 Å². The average Bonchev–Trinajstić information content (AvgIpc) is 3.12. The van der Waals surface area contributed by atoms with Gasteiger partial charge >= 0.3 is 0 Å². The Balaban J connectivity index is 1.85. The van der Waals surface area contributed by atoms with Crippen molar-refractivity contribution in [1.82, 2.24) is 25.2 Å². The first-order valence-corrected chi connectivity index (χ1v) is 7.62. The van der Waals surface area contributed by atoms with E-state index in [-0.39, 0.29) is 0 Å². The number of aryl methyl sites for hydroxylation is 2. The van der Waals surface area contributed by atoms with Crippen molar-refractivity contribution in [3.05, 3.63) is 46.2 Å². The second-order valence-corrected chi connectivity index (χ2v) is 5.96. The molecule has 22 heavy (non-hydrogen) atoms. The summed E-state index contributed by atoms with van der Waals surface area (Å²) >= 11 is 1.44. The molecule has 2 aromatic heterocycles. The molecule has 114 valence electrons. The molecule has 0 bridgehead atoms. The number of nitrogens with two attached hydrogens (primary N) is 1. The van der Waals surface area contributed by atoms with E-state index in [0.29, 0.717) is 24.0 Å². The molecule has 0 spiro atoms. The molecular weight excluding hydrogens is 300 g/mol. The van der Waals surface area contributed by atoms with Crippen LogP contribution in [-0.2, 0) is 13.2 Å². The highest BCUT2D eigenvalue weighted by atomic mass is 32.1. The molecule has 0 unspecified atom stereocenters. The van der Waals surface area contributed by atoms with Crippen LogP contribution >= 0.6 is 11.3 Å². The summed E-state index contributed by atoms with van der Waals surface area (Å²) in [5.74, 6) is 0.787. The lowest BCUT2D eigenvalue weighted by molar-refractivity contribution is 0.296. The Morgan fingerprint density at radius 1 is 1.14 bits per heavy atom. The van der Waals surface area contributed by atoms with Gasteiger partial charge in [-0.15, -0.1) is 15.3 Å². The zero-order valence-electron chi connectivity index (χ0n) is 12.4. The monoisotopic (exact) mass is 316 g/mol. The fraction of sp³-hybridized carbons (Fsp3) is 0.286. The van der Waals surface area contributed by atoms with Crippen molar-refractivity contribution in [2.45, 2.75) is 27.0 Å². The van der Waals surface area contributed by atoms with Gasteiger partial charge in [-0.1, -0.05) is 34.2 Å². The molecule has 0 saturated carbocycles. The van der Waals surface area contributed by atoms with Crippen LogP contribution in [0.1, 0.15) is 22.0 Å². The molecule has 8 heteroatoms. The van der Waals surface area contributed by atoms with Crippen LogP contribution < -0.4 is 10.5 Å². The highest BCUT2D eigenvalue weighted by Gasteiger charge is 2.16. The minimum Gasteiger partial charge on any atom is -0.487 e. The van der Waals surface area contributed by atoms with Crippen molar-refractivity contribution in [3.8, 4) is 10.9 Å². The van der Waals surface area contributed by atoms with E-state index in [1.165, 1.54) is 16.9 Å². The zero-order valence-corrected chi connectivity index (χ0v) is 13.2. The van der Waals surface area contributed by atoms with Gasteiger partial charge in [0.25, 0.3) is 0 Å². The minimum atomic E-state index is 0.296. The van der Waals surface area contributed by atoms with E-state index in [4.69, 9.17) is 10.5 Å². The number of aromatic nitrogens is 5. The first-order valence-electron chi connectivity index (χ1n) is 6.81. The summed E-state index contributed by atoms with van der Waals surface area (Å²) in [5, 5.41) is 17.8. The van der Waals surface area contributed by atoms with Crippen molar-refractivity contribution < 1.29 is 4.74 Å². The van der Waals surface area contributed by atoms with Gasteiger partial charge in [0.05, 0.1) is 0 Å². The van der Waals surface area contributed by atoms with Crippen molar-refractivity contribution >= 4 is 11.3 Å². The van der Waals surface area contributed by atoms with Crippen LogP contribution in [0.25, 0.3) is 5.13 Å². The summed E-state index contributed by atoms with van der Waals surface area (Å²) in [4.78, 5) is 0. The van der Waals surface area contributed by atoms with Crippen LogP contribution in [-0.4, -0.2) is 25.2 Å². The Morgan fingerprint density at radius 3 is 2.55 bits per heavy atom. The van der Waals surface area contributed by atoms with Gasteiger partial charge in [0.15, 0.2) is 0 Å². The van der Waals surface area contributed by atoms with Gasteiger partial charge in [-0.05, 0) is 26.0 Å². The van der Waals surface area contributed by atoms with E-state index in [9.17, 15) is 0 Å². The van der Waals surface area contributed by atoms with Crippen LogP contribution in [0.15, 0.2) is 24.3 Å². The molecule has 0 saturated heterocycles. The number of benzene rings is 1. The minimum absolute atomic E-state index is 0.296. The molecule has 1 aromatic carbocycles. The quantitative estimate of drug-likeness (QED) is 0.771. The van der Waals surface area contributed by atoms with Gasteiger partial charge in [0.2, 0.25) is 5.13 Å². The molecule has 3 aromatic rings. The molecule has 0 aliphatic heterocycles. The van der Waals surface area contributed by atoms with E-state index in [1.807, 2.05) is 38.1 Å². The Labute approximate surface area is 131 Å². The van der Waals surface area contributed by atoms with Crippen molar-refractivity contribution in [2.24, 2.45) is 5.73 Å². The Kier molecular flexibility index (Phi) is 4.12. The summed E-state index contributed by atoms with van der Waals surface area (Å²) in [5.41, 5.74) is 8.40. The predicted octanol–water partition coefficient (Wildman–Crippen LogP) is 1.77. The molecule has 0 amide bonds. The van der Waals surface area contributed by atoms with E-state index in [2.05, 4.69) is 20.5 Å². The van der Waals surface area contributed by atoms with E-state index in [1.54, 1.807) is 4.68 Å². The lowest BCUT2D eigenvalue weighted by Gasteiger charge is -2.08. The van der Waals surface area contributed by atoms with Crippen LogP contribution in [0.2, 0.25) is 0 Å². The van der Waals surface area contributed by atoms with Gasteiger partial charge in [-0.3, -0.25) is 0 Å². The lowest BCUT2D eigenvalue weighted by atomic mass is 10.2. The van der Waals surface area contributed by atoms with Gasteiger partial charge < -0.3 is 10.5 Å². The maximum absolute atomic E-state index is 5.82. The van der Waals surface area contributed by atoms with E-state index < -0.39 is 0 Å². The molecule has 7 nitrogen and oxygen atoms in total. The maximum Gasteiger partial charge on any atom is 0.234 e. The summed E-state index contributed by atoms with van der Waals surface area (Å²) in [6.45, 7) is 4.54. The van der Waals surface area contributed by atoms with Crippen molar-refractivity contribution in [3.63, 3.8) is 0 Å². The third-order valence-corrected chi connectivity index (χ3v) is 3.94. The van der Waals surface area contributed by atoms with Crippen LogP contribution in [0.3, 0.4) is 0 Å². The molecule has 0 atom stereocenters. The summed E-state index contributed by atoms with van der Waals surface area (Å²) in [6.07, 6.45) is 0. The van der Waals surface area contributed by atoms with Crippen molar-refractivity contribution in [1.29, 1.82) is 0 Å². The lowest BCUT2D eigenvalue weighted by Crippen LogP contribution is -2.09. The molecular formula is C14H16N6OS. The van der Waals surface area contributed by atoms with E-state index in [0.717, 1.165) is 16.5 Å². The molecule has 2 heterocycles. The Bertz CT molecular complexity index is 764. The second kappa shape index (κ2) is 6.20. The van der Waals surface area contributed by atoms with Crippen LogP contribution in [0.5, 0.6) is 5.75 Å². The highest BCUT2D eigenvalue weighted by Crippen LogP contribution is 2.19. The molecule has 0 radical (unpaired) electrons. The third-order valence-electron chi connectivity index (χ3n) is 3.13. The van der Waals surface area contributed by atoms with Gasteiger partial charge in [-0.2, -0.15) is 4.68 Å². The topological polar surface area (TPSA) is 91.7 Å². The normalized spacial score (nSPS) is 10.9. The van der Waals surface area contributed by atoms with E-state index >= 15 is 0 Å². The molecule has 0 fully saturated rings. The fourth-order valence-electron chi connectivity index (χ4n) is 1.95. The SMILES string of the molecule is Cc1ccc(OCc2c(CN)nnn2-c2nnc(C)s2)cc1. The number of hydrogen-bond acceptors (Lipinski definition) is 7. The number of nitrogens with zero attached hydrogens (tertiary/aromatic N) is 5. The molecule has 0 aliphatic carbocycles. The summed E-state index contributed by atoms with van der Waals surface area (Å²) in [7, 11) is 0. The smallest absolute Gasteiger partial charge is 0.234 e. The van der Waals surface area contributed by atoms with Crippen LogP contribution in [0.4, 0.5) is 0 Å². The fourth-order valence-corrected chi connectivity index (χ4v) is 2.61. The standard InChI is InChI=1S/C14H16N6OS/c1-9-3-5-11(6-4-9)21-8-13-12(7-15)17-19-20(13)14-18-16-10(2)22-14/h3-6H,7-8,15H2,1-2H3. The highest BCUT2D eigenvalue weighted by molar-refractivity contribution is 7.13. The largest absolute Gasteiger partial charge is 0.487 e. The molecule has 0 aliphatic rings. The summed E-state index contributed by atoms with van der Waals surface area (Å²) < 4.78 is 7.46. The Hall–Kier alpha value is -2.32. The number of ether oxygens (including phenoxy) is 1. The third kappa shape index (κ3) is 2.97. The molecule has 3 rings (SSSR count). The average molecular weight is 316 g/mol.